The second-order valence-electron chi connectivity index (χ2n) is 6.72. The minimum Gasteiger partial charge on any atom is -0.350 e. The average molecular weight is 432 g/mol. The minimum atomic E-state index is -0.572. The molecule has 0 aliphatic rings. The van der Waals surface area contributed by atoms with E-state index in [2.05, 4.69) is 16.0 Å². The number of hydrogen-bond acceptors (Lipinski definition) is 5. The lowest BCUT2D eigenvalue weighted by atomic mass is 10.1. The first kappa shape index (κ1) is 22.2. The third-order valence-corrected chi connectivity index (χ3v) is 4.46. The molecule has 0 bridgehead atoms. The van der Waals surface area contributed by atoms with E-state index in [0.717, 1.165) is 0 Å². The molecule has 0 saturated carbocycles. The molecule has 9 heteroatoms. The third kappa shape index (κ3) is 5.99. The number of nitrogens with zero attached hydrogens (tertiary/aromatic N) is 1. The standard InChI is InChI=1S/C23H20N4O5/c28-21(16-5-2-1-3-6-16)24-13-14-25-22(29)17-9-11-19(12-10-17)26-23(30)18-7-4-8-20(15-18)27(31)32/h1-12,15H,13-14H2,(H,24,28)(H,25,29)(H,26,30). The molecule has 0 fully saturated rings. The molecular weight excluding hydrogens is 412 g/mol. The number of benzene rings is 3. The van der Waals surface area contributed by atoms with Gasteiger partial charge in [0.25, 0.3) is 23.4 Å². The topological polar surface area (TPSA) is 130 Å². The highest BCUT2D eigenvalue weighted by atomic mass is 16.6. The zero-order chi connectivity index (χ0) is 22.9. The number of nitro groups is 1. The van der Waals surface area contributed by atoms with Crippen LogP contribution >= 0.6 is 0 Å². The number of nitrogens with one attached hydrogen (secondary N) is 3. The second kappa shape index (κ2) is 10.5. The zero-order valence-corrected chi connectivity index (χ0v) is 16.9. The van der Waals surface area contributed by atoms with Crippen molar-refractivity contribution < 1.29 is 19.3 Å². The van der Waals surface area contributed by atoms with Crippen LogP contribution in [0.25, 0.3) is 0 Å². The molecule has 0 unspecified atom stereocenters. The molecule has 0 radical (unpaired) electrons. The molecule has 0 aromatic heterocycles. The smallest absolute Gasteiger partial charge is 0.270 e. The molecule has 3 amide bonds. The molecule has 3 rings (SSSR count). The van der Waals surface area contributed by atoms with Gasteiger partial charge < -0.3 is 16.0 Å². The lowest BCUT2D eigenvalue weighted by Crippen LogP contribution is -2.34. The van der Waals surface area contributed by atoms with E-state index in [-0.39, 0.29) is 36.2 Å². The van der Waals surface area contributed by atoms with Crippen LogP contribution in [0.3, 0.4) is 0 Å². The Morgan fingerprint density at radius 1 is 0.688 bits per heavy atom. The van der Waals surface area contributed by atoms with Crippen LogP contribution in [0.15, 0.2) is 78.9 Å². The molecule has 32 heavy (non-hydrogen) atoms. The maximum atomic E-state index is 12.3. The van der Waals surface area contributed by atoms with Gasteiger partial charge >= 0.3 is 0 Å². The van der Waals surface area contributed by atoms with Crippen molar-refractivity contribution in [1.29, 1.82) is 0 Å². The van der Waals surface area contributed by atoms with E-state index < -0.39 is 10.8 Å². The predicted molar refractivity (Wildman–Crippen MR) is 119 cm³/mol. The van der Waals surface area contributed by atoms with E-state index in [4.69, 9.17) is 0 Å². The highest BCUT2D eigenvalue weighted by molar-refractivity contribution is 6.05. The van der Waals surface area contributed by atoms with Crippen molar-refractivity contribution in [2.75, 3.05) is 18.4 Å². The summed E-state index contributed by atoms with van der Waals surface area (Å²) in [5.74, 6) is -1.04. The van der Waals surface area contributed by atoms with Crippen LogP contribution in [0.1, 0.15) is 31.1 Å². The summed E-state index contributed by atoms with van der Waals surface area (Å²) in [6.07, 6.45) is 0. The van der Waals surface area contributed by atoms with Crippen molar-refractivity contribution in [3.63, 3.8) is 0 Å². The SMILES string of the molecule is O=C(NCCNC(=O)c1ccc(NC(=O)c2cccc([N+](=O)[O-])c2)cc1)c1ccccc1. The molecule has 9 nitrogen and oxygen atoms in total. The maximum absolute atomic E-state index is 12.3. The molecule has 0 aliphatic heterocycles. The first-order valence-corrected chi connectivity index (χ1v) is 9.71. The van der Waals surface area contributed by atoms with Gasteiger partial charge in [0.05, 0.1) is 4.92 Å². The fraction of sp³-hybridized carbons (Fsp3) is 0.0870. The summed E-state index contributed by atoms with van der Waals surface area (Å²) in [6.45, 7) is 0.527. The minimum absolute atomic E-state index is 0.151. The lowest BCUT2D eigenvalue weighted by molar-refractivity contribution is -0.384. The van der Waals surface area contributed by atoms with Gasteiger partial charge in [0.15, 0.2) is 0 Å². The highest BCUT2D eigenvalue weighted by Crippen LogP contribution is 2.16. The quantitative estimate of drug-likeness (QED) is 0.286. The van der Waals surface area contributed by atoms with Crippen LogP contribution in [0.4, 0.5) is 11.4 Å². The Kier molecular flexibility index (Phi) is 7.26. The fourth-order valence-electron chi connectivity index (χ4n) is 2.81. The molecule has 0 spiro atoms. The van der Waals surface area contributed by atoms with Crippen molar-refractivity contribution in [3.05, 3.63) is 106 Å². The van der Waals surface area contributed by atoms with Gasteiger partial charge in [0.1, 0.15) is 0 Å². The van der Waals surface area contributed by atoms with E-state index in [1.165, 1.54) is 24.3 Å². The molecule has 3 N–H and O–H groups in total. The van der Waals surface area contributed by atoms with Crippen molar-refractivity contribution in [3.8, 4) is 0 Å². The normalized spacial score (nSPS) is 10.1. The first-order valence-electron chi connectivity index (χ1n) is 9.71. The van der Waals surface area contributed by atoms with Gasteiger partial charge in [-0.05, 0) is 42.5 Å². The Morgan fingerprint density at radius 2 is 1.25 bits per heavy atom. The van der Waals surface area contributed by atoms with Crippen molar-refractivity contribution >= 4 is 29.1 Å². The van der Waals surface area contributed by atoms with Gasteiger partial charge in [0.2, 0.25) is 0 Å². The second-order valence-corrected chi connectivity index (χ2v) is 6.72. The highest BCUT2D eigenvalue weighted by Gasteiger charge is 2.12. The summed E-state index contributed by atoms with van der Waals surface area (Å²) in [6, 6.07) is 20.4. The summed E-state index contributed by atoms with van der Waals surface area (Å²) in [7, 11) is 0. The van der Waals surface area contributed by atoms with Crippen molar-refractivity contribution in [2.45, 2.75) is 0 Å². The Balaban J connectivity index is 1.48. The third-order valence-electron chi connectivity index (χ3n) is 4.46. The zero-order valence-electron chi connectivity index (χ0n) is 16.9. The number of carbonyl (C=O) groups is 3. The number of carbonyl (C=O) groups excluding carboxylic acids is 3. The average Bonchev–Trinajstić information content (AvgIpc) is 2.82. The van der Waals surface area contributed by atoms with Crippen LogP contribution in [0.2, 0.25) is 0 Å². The summed E-state index contributed by atoms with van der Waals surface area (Å²) in [5, 5.41) is 18.9. The van der Waals surface area contributed by atoms with Gasteiger partial charge in [-0.25, -0.2) is 0 Å². The fourth-order valence-corrected chi connectivity index (χ4v) is 2.81. The van der Waals surface area contributed by atoms with E-state index in [1.54, 1.807) is 48.5 Å². The molecule has 3 aromatic carbocycles. The van der Waals surface area contributed by atoms with E-state index in [0.29, 0.717) is 16.8 Å². The Bertz CT molecular complexity index is 1130. The summed E-state index contributed by atoms with van der Waals surface area (Å²) in [5.41, 5.74) is 1.34. The summed E-state index contributed by atoms with van der Waals surface area (Å²) < 4.78 is 0. The van der Waals surface area contributed by atoms with Crippen LogP contribution in [0.5, 0.6) is 0 Å². The monoisotopic (exact) mass is 432 g/mol. The van der Waals surface area contributed by atoms with Crippen LogP contribution in [-0.4, -0.2) is 35.7 Å². The Morgan fingerprint density at radius 3 is 1.84 bits per heavy atom. The van der Waals surface area contributed by atoms with E-state index in [1.807, 2.05) is 6.07 Å². The van der Waals surface area contributed by atoms with Crippen LogP contribution in [0, 0.1) is 10.1 Å². The predicted octanol–water partition coefficient (Wildman–Crippen LogP) is 3.01. The largest absolute Gasteiger partial charge is 0.350 e. The first-order chi connectivity index (χ1) is 15.4. The molecule has 0 heterocycles. The molecule has 0 aliphatic carbocycles. The molecule has 0 saturated heterocycles. The number of rotatable bonds is 8. The maximum Gasteiger partial charge on any atom is 0.270 e. The number of nitro benzene ring substituents is 1. The molecule has 162 valence electrons. The Hall–Kier alpha value is -4.53. The van der Waals surface area contributed by atoms with Crippen LogP contribution in [-0.2, 0) is 0 Å². The lowest BCUT2D eigenvalue weighted by Gasteiger charge is -2.09. The number of non-ortho nitro benzene ring substituents is 1. The molecule has 3 aromatic rings. The van der Waals surface area contributed by atoms with Gasteiger partial charge in [-0.2, -0.15) is 0 Å². The van der Waals surface area contributed by atoms with Gasteiger partial charge in [-0.15, -0.1) is 0 Å². The molecule has 0 atom stereocenters. The van der Waals surface area contributed by atoms with Gasteiger partial charge in [-0.1, -0.05) is 24.3 Å². The van der Waals surface area contributed by atoms with Gasteiger partial charge in [-0.3, -0.25) is 24.5 Å². The summed E-state index contributed by atoms with van der Waals surface area (Å²) >= 11 is 0. The number of anilines is 1. The number of amides is 3. The molecular formula is C23H20N4O5. The van der Waals surface area contributed by atoms with E-state index in [9.17, 15) is 24.5 Å². The summed E-state index contributed by atoms with van der Waals surface area (Å²) in [4.78, 5) is 46.8. The van der Waals surface area contributed by atoms with Gasteiger partial charge in [0, 0.05) is 47.6 Å². The van der Waals surface area contributed by atoms with E-state index >= 15 is 0 Å². The number of hydrogen-bond donors (Lipinski definition) is 3. The Labute approximate surface area is 183 Å². The van der Waals surface area contributed by atoms with Crippen LogP contribution < -0.4 is 16.0 Å². The van der Waals surface area contributed by atoms with Crippen molar-refractivity contribution in [1.82, 2.24) is 10.6 Å². The van der Waals surface area contributed by atoms with Crippen molar-refractivity contribution in [2.24, 2.45) is 0 Å².